The highest BCUT2D eigenvalue weighted by Gasteiger charge is 2.43. The molecule has 0 aliphatic rings. The first-order chi connectivity index (χ1) is 24.4. The monoisotopic (exact) mass is 826 g/mol. The van der Waals surface area contributed by atoms with E-state index in [1.165, 1.54) is 44.9 Å². The predicted molar refractivity (Wildman–Crippen MR) is 243 cm³/mol. The van der Waals surface area contributed by atoms with Gasteiger partial charge in [-0.2, -0.15) is 0 Å². The maximum atomic E-state index is 13.8. The second-order valence-electron chi connectivity index (χ2n) is 21.1. The topological polar surface area (TPSA) is 73.9 Å². The molecule has 0 fully saturated rings. The third-order valence-electron chi connectivity index (χ3n) is 12.4. The average molecular weight is 827 g/mol. The molecule has 3 atom stereocenters. The predicted octanol–water partition coefficient (Wildman–Crippen LogP) is 13.6. The van der Waals surface area contributed by atoms with Gasteiger partial charge in [0.1, 0.15) is 0 Å². The van der Waals surface area contributed by atoms with Crippen LogP contribution in [0.1, 0.15) is 146 Å². The Balaban J connectivity index is 2.96. The molecule has 0 saturated heterocycles. The van der Waals surface area contributed by atoms with E-state index in [9.17, 15) is 8.42 Å². The molecule has 6 nitrogen and oxygen atoms in total. The van der Waals surface area contributed by atoms with Gasteiger partial charge in [-0.1, -0.05) is 145 Å². The van der Waals surface area contributed by atoms with E-state index in [0.717, 1.165) is 24.8 Å². The van der Waals surface area contributed by atoms with Crippen LogP contribution in [-0.2, 0) is 23.3 Å². The molecule has 316 valence electrons. The van der Waals surface area contributed by atoms with Gasteiger partial charge in [-0.05, 0) is 105 Å². The molecule has 0 aliphatic heterocycles. The van der Waals surface area contributed by atoms with Crippen molar-refractivity contribution in [1.29, 1.82) is 0 Å². The SMILES string of the molecule is Cc1ccc(S(=O)(=O)N[C@@H](CO[Si](C)(C)C(C)(C)C)[C@@H](/C=C/CCCCCCCCC[C@@H](CC(C)C)O[Si](C)(C)C(C)(C)C)O[Si](C)(C)C(C)(C)C)cc1. The summed E-state index contributed by atoms with van der Waals surface area (Å²) in [6, 6.07) is 6.47. The minimum Gasteiger partial charge on any atom is -0.415 e. The summed E-state index contributed by atoms with van der Waals surface area (Å²) in [5.74, 6) is 0.659. The zero-order valence-corrected chi connectivity index (χ0v) is 42.3. The molecule has 0 aliphatic carbocycles. The van der Waals surface area contributed by atoms with Crippen molar-refractivity contribution in [2.75, 3.05) is 6.61 Å². The molecule has 0 aromatic heterocycles. The van der Waals surface area contributed by atoms with E-state index >= 15 is 0 Å². The fraction of sp³-hybridized carbons (Fsp3) is 0.818. The molecule has 10 heteroatoms. The van der Waals surface area contributed by atoms with Crippen molar-refractivity contribution < 1.29 is 21.7 Å². The zero-order chi connectivity index (χ0) is 41.8. The molecule has 1 N–H and O–H groups in total. The van der Waals surface area contributed by atoms with Crippen LogP contribution in [0, 0.1) is 12.8 Å². The van der Waals surface area contributed by atoms with Gasteiger partial charge in [0.2, 0.25) is 10.0 Å². The Morgan fingerprint density at radius 2 is 1.15 bits per heavy atom. The summed E-state index contributed by atoms with van der Waals surface area (Å²) >= 11 is 0. The molecule has 0 radical (unpaired) electrons. The van der Waals surface area contributed by atoms with E-state index in [2.05, 4.69) is 132 Å². The number of allylic oxidation sites excluding steroid dienone is 1. The highest BCUT2D eigenvalue weighted by Crippen LogP contribution is 2.40. The summed E-state index contributed by atoms with van der Waals surface area (Å²) in [6.07, 6.45) is 16.2. The molecule has 0 saturated carbocycles. The number of unbranched alkanes of at least 4 members (excludes halogenated alkanes) is 7. The van der Waals surface area contributed by atoms with Gasteiger partial charge in [-0.25, -0.2) is 13.1 Å². The van der Waals surface area contributed by atoms with Gasteiger partial charge in [-0.15, -0.1) is 0 Å². The third kappa shape index (κ3) is 17.9. The maximum absolute atomic E-state index is 13.8. The molecular weight excluding hydrogens is 739 g/mol. The fourth-order valence-corrected chi connectivity index (χ4v) is 10.5. The lowest BCUT2D eigenvalue weighted by atomic mass is 10.00. The van der Waals surface area contributed by atoms with Gasteiger partial charge in [0.25, 0.3) is 0 Å². The Morgan fingerprint density at radius 1 is 0.685 bits per heavy atom. The molecule has 1 aromatic rings. The van der Waals surface area contributed by atoms with Crippen LogP contribution in [0.4, 0.5) is 0 Å². The average Bonchev–Trinajstić information content (AvgIpc) is 2.99. The van der Waals surface area contributed by atoms with Crippen LogP contribution in [0.5, 0.6) is 0 Å². The standard InChI is InChI=1S/C44H87NO5SSi3/c1-36(2)34-38(49-53(15,16)43(7,8)9)28-26-24-22-20-19-21-23-25-27-29-41(50-54(17,18)44(10,11)12)40(35-48-52(13,14)42(4,5)6)45-51(46,47)39-32-30-37(3)31-33-39/h27,29-33,36,38,40-41,45H,19-26,28,34-35H2,1-18H3/b29-27+/t38-,40-,41+/m0/s1. The molecule has 0 bridgehead atoms. The minimum atomic E-state index is -3.81. The lowest BCUT2D eigenvalue weighted by Gasteiger charge is -2.42. The van der Waals surface area contributed by atoms with Crippen LogP contribution in [0.25, 0.3) is 0 Å². The summed E-state index contributed by atoms with van der Waals surface area (Å²) in [7, 11) is -10.0. The van der Waals surface area contributed by atoms with Gasteiger partial charge in [0.05, 0.1) is 23.6 Å². The Bertz CT molecular complexity index is 1350. The largest absolute Gasteiger partial charge is 0.415 e. The molecular formula is C44H87NO5SSi3. The van der Waals surface area contributed by atoms with Crippen molar-refractivity contribution >= 4 is 35.0 Å². The van der Waals surface area contributed by atoms with Gasteiger partial charge in [-0.3, -0.25) is 0 Å². The number of aryl methyl sites for hydroxylation is 1. The summed E-state index contributed by atoms with van der Waals surface area (Å²) in [5, 5.41) is 0.206. The lowest BCUT2D eigenvalue weighted by molar-refractivity contribution is 0.143. The van der Waals surface area contributed by atoms with E-state index in [4.69, 9.17) is 13.3 Å². The lowest BCUT2D eigenvalue weighted by Crippen LogP contribution is -2.54. The second kappa shape index (κ2) is 21.4. The summed E-state index contributed by atoms with van der Waals surface area (Å²) < 4.78 is 51.3. The number of hydrogen-bond donors (Lipinski definition) is 1. The quantitative estimate of drug-likeness (QED) is 0.0638. The van der Waals surface area contributed by atoms with E-state index in [0.29, 0.717) is 12.0 Å². The van der Waals surface area contributed by atoms with Crippen LogP contribution in [0.2, 0.25) is 54.4 Å². The van der Waals surface area contributed by atoms with Crippen LogP contribution in [-0.4, -0.2) is 58.2 Å². The fourth-order valence-electron chi connectivity index (χ4n) is 5.56. The summed E-state index contributed by atoms with van der Waals surface area (Å²) in [5.41, 5.74) is 1.02. The van der Waals surface area contributed by atoms with Crippen molar-refractivity contribution in [3.05, 3.63) is 42.0 Å². The van der Waals surface area contributed by atoms with Crippen LogP contribution >= 0.6 is 0 Å². The van der Waals surface area contributed by atoms with E-state index < -0.39 is 47.1 Å². The van der Waals surface area contributed by atoms with Crippen LogP contribution in [0.3, 0.4) is 0 Å². The van der Waals surface area contributed by atoms with Crippen molar-refractivity contribution in [2.45, 2.75) is 225 Å². The minimum absolute atomic E-state index is 0.00567. The zero-order valence-electron chi connectivity index (χ0n) is 38.5. The van der Waals surface area contributed by atoms with Gasteiger partial charge in [0, 0.05) is 6.10 Å². The normalized spacial score (nSPS) is 16.0. The van der Waals surface area contributed by atoms with Gasteiger partial charge in [0.15, 0.2) is 25.0 Å². The smallest absolute Gasteiger partial charge is 0.240 e. The van der Waals surface area contributed by atoms with E-state index in [1.54, 1.807) is 12.1 Å². The molecule has 0 amide bonds. The first kappa shape index (κ1) is 51.4. The number of sulfonamides is 1. The van der Waals surface area contributed by atoms with E-state index in [-0.39, 0.29) is 26.6 Å². The number of nitrogens with one attached hydrogen (secondary N) is 1. The van der Waals surface area contributed by atoms with Crippen molar-refractivity contribution in [3.8, 4) is 0 Å². The molecule has 0 heterocycles. The van der Waals surface area contributed by atoms with Crippen LogP contribution in [0.15, 0.2) is 41.3 Å². The van der Waals surface area contributed by atoms with Crippen molar-refractivity contribution in [3.63, 3.8) is 0 Å². The number of benzene rings is 1. The van der Waals surface area contributed by atoms with Crippen LogP contribution < -0.4 is 4.72 Å². The molecule has 1 aromatic carbocycles. The number of hydrogen-bond acceptors (Lipinski definition) is 5. The van der Waals surface area contributed by atoms with Crippen molar-refractivity contribution in [2.24, 2.45) is 5.92 Å². The first-order valence-electron chi connectivity index (χ1n) is 21.2. The highest BCUT2D eigenvalue weighted by atomic mass is 32.2. The number of rotatable bonds is 24. The Hall–Kier alpha value is -0.599. The maximum Gasteiger partial charge on any atom is 0.240 e. The van der Waals surface area contributed by atoms with E-state index in [1.807, 2.05) is 19.1 Å². The molecule has 0 unspecified atom stereocenters. The van der Waals surface area contributed by atoms with Gasteiger partial charge < -0.3 is 13.3 Å². The highest BCUT2D eigenvalue weighted by molar-refractivity contribution is 7.89. The third-order valence-corrected chi connectivity index (χ3v) is 27.4. The first-order valence-corrected chi connectivity index (χ1v) is 31.4. The molecule has 1 rings (SSSR count). The molecule has 0 spiro atoms. The Labute approximate surface area is 339 Å². The Kier molecular flexibility index (Phi) is 20.4. The summed E-state index contributed by atoms with van der Waals surface area (Å²) in [4.78, 5) is 0.260. The second-order valence-corrected chi connectivity index (χ2v) is 37.1. The van der Waals surface area contributed by atoms with Gasteiger partial charge >= 0.3 is 0 Å². The summed E-state index contributed by atoms with van der Waals surface area (Å²) in [6.45, 7) is 40.8. The Morgan fingerprint density at radius 3 is 1.63 bits per heavy atom. The molecule has 54 heavy (non-hydrogen) atoms. The van der Waals surface area contributed by atoms with Crippen molar-refractivity contribution in [1.82, 2.24) is 4.72 Å².